The Morgan fingerprint density at radius 3 is 2.75 bits per heavy atom. The average Bonchev–Trinajstić information content (AvgIpc) is 2.97. The number of hydrazone groups is 1. The summed E-state index contributed by atoms with van der Waals surface area (Å²) in [4.78, 5) is 16.3. The van der Waals surface area contributed by atoms with Gasteiger partial charge in [0.2, 0.25) is 0 Å². The number of carbonyl (C=O) groups excluding carboxylic acids is 1. The zero-order valence-corrected chi connectivity index (χ0v) is 13.8. The first-order chi connectivity index (χ1) is 11.8. The molecule has 3 rings (SSSR count). The third-order valence-electron chi connectivity index (χ3n) is 3.81. The summed E-state index contributed by atoms with van der Waals surface area (Å²) in [6.45, 7) is 2.85. The van der Waals surface area contributed by atoms with Crippen LogP contribution in [0.3, 0.4) is 0 Å². The highest BCUT2D eigenvalue weighted by Gasteiger charge is 2.25. The molecule has 0 saturated heterocycles. The van der Waals surface area contributed by atoms with E-state index in [2.05, 4.69) is 17.0 Å². The Morgan fingerprint density at radius 1 is 1.21 bits per heavy atom. The Labute approximate surface area is 142 Å². The van der Waals surface area contributed by atoms with E-state index >= 15 is 0 Å². The van der Waals surface area contributed by atoms with Crippen molar-refractivity contribution in [1.82, 2.24) is 4.98 Å². The van der Waals surface area contributed by atoms with Gasteiger partial charge in [0.15, 0.2) is 0 Å². The van der Waals surface area contributed by atoms with Crippen LogP contribution in [-0.2, 0) is 11.2 Å². The predicted octanol–water partition coefficient (Wildman–Crippen LogP) is 3.60. The molecule has 1 aliphatic rings. The molecule has 1 aromatic carbocycles. The van der Waals surface area contributed by atoms with Gasteiger partial charge in [-0.3, -0.25) is 9.78 Å². The third-order valence-corrected chi connectivity index (χ3v) is 3.81. The van der Waals surface area contributed by atoms with Gasteiger partial charge in [-0.1, -0.05) is 19.4 Å². The number of hydrogen-bond acceptors (Lipinski definition) is 4. The lowest BCUT2D eigenvalue weighted by Crippen LogP contribution is -2.19. The van der Waals surface area contributed by atoms with Gasteiger partial charge in [-0.05, 0) is 42.3 Å². The monoisotopic (exact) mass is 323 g/mol. The first-order valence-corrected chi connectivity index (χ1v) is 8.27. The number of ether oxygens (including phenoxy) is 1. The number of amides is 1. The number of pyridine rings is 1. The van der Waals surface area contributed by atoms with Gasteiger partial charge in [0.05, 0.1) is 24.4 Å². The fourth-order valence-corrected chi connectivity index (χ4v) is 2.54. The maximum atomic E-state index is 12.2. The maximum absolute atomic E-state index is 12.2. The lowest BCUT2D eigenvalue weighted by Gasteiger charge is -2.12. The summed E-state index contributed by atoms with van der Waals surface area (Å²) in [6.07, 6.45) is 6.68. The molecular weight excluding hydrogens is 302 g/mol. The molecule has 0 N–H and O–H groups in total. The molecule has 0 bridgehead atoms. The number of rotatable bonds is 7. The molecule has 24 heavy (non-hydrogen) atoms. The van der Waals surface area contributed by atoms with Gasteiger partial charge < -0.3 is 4.74 Å². The lowest BCUT2D eigenvalue weighted by molar-refractivity contribution is -0.116. The van der Waals surface area contributed by atoms with Crippen LogP contribution in [0.1, 0.15) is 31.7 Å². The van der Waals surface area contributed by atoms with Crippen molar-refractivity contribution in [3.05, 3.63) is 54.4 Å². The predicted molar refractivity (Wildman–Crippen MR) is 94.3 cm³/mol. The van der Waals surface area contributed by atoms with Crippen molar-refractivity contribution in [3.8, 4) is 5.75 Å². The summed E-state index contributed by atoms with van der Waals surface area (Å²) in [6, 6.07) is 11.4. The van der Waals surface area contributed by atoms with Gasteiger partial charge >= 0.3 is 0 Å². The van der Waals surface area contributed by atoms with Gasteiger partial charge in [0.1, 0.15) is 5.75 Å². The SMILES string of the molecule is CCCCOc1ccc(N2N=C(Cc3cccnc3)CC2=O)cc1. The number of carbonyl (C=O) groups is 1. The second-order valence-corrected chi connectivity index (χ2v) is 5.78. The highest BCUT2D eigenvalue weighted by atomic mass is 16.5. The molecule has 0 radical (unpaired) electrons. The van der Waals surface area contributed by atoms with Crippen LogP contribution in [0.25, 0.3) is 0 Å². The van der Waals surface area contributed by atoms with Gasteiger partial charge in [0.25, 0.3) is 5.91 Å². The van der Waals surface area contributed by atoms with Crippen molar-refractivity contribution in [2.24, 2.45) is 5.10 Å². The molecule has 2 aromatic rings. The van der Waals surface area contributed by atoms with Crippen LogP contribution in [-0.4, -0.2) is 23.2 Å². The number of aromatic nitrogens is 1. The zero-order chi connectivity index (χ0) is 16.8. The van der Waals surface area contributed by atoms with E-state index in [-0.39, 0.29) is 5.91 Å². The van der Waals surface area contributed by atoms with Crippen LogP contribution in [0.4, 0.5) is 5.69 Å². The Kier molecular flexibility index (Phi) is 5.21. The Bertz CT molecular complexity index is 711. The first kappa shape index (κ1) is 16.2. The standard InChI is InChI=1S/C19H21N3O2/c1-2-3-11-24-18-8-6-17(7-9-18)22-19(23)13-16(21-22)12-15-5-4-10-20-14-15/h4-10,14H,2-3,11-13H2,1H3. The highest BCUT2D eigenvalue weighted by molar-refractivity contribution is 6.13. The van der Waals surface area contributed by atoms with Crippen molar-refractivity contribution in [2.75, 3.05) is 11.6 Å². The van der Waals surface area contributed by atoms with Crippen LogP contribution in [0, 0.1) is 0 Å². The first-order valence-electron chi connectivity index (χ1n) is 8.27. The smallest absolute Gasteiger partial charge is 0.253 e. The van der Waals surface area contributed by atoms with Crippen LogP contribution in [0.15, 0.2) is 53.9 Å². The summed E-state index contributed by atoms with van der Waals surface area (Å²) in [5.74, 6) is 0.812. The number of benzene rings is 1. The molecule has 5 heteroatoms. The summed E-state index contributed by atoms with van der Waals surface area (Å²) >= 11 is 0. The van der Waals surface area contributed by atoms with Crippen molar-refractivity contribution in [1.29, 1.82) is 0 Å². The van der Waals surface area contributed by atoms with E-state index in [0.717, 1.165) is 35.6 Å². The summed E-state index contributed by atoms with van der Waals surface area (Å²) in [5, 5.41) is 5.95. The summed E-state index contributed by atoms with van der Waals surface area (Å²) in [7, 11) is 0. The highest BCUT2D eigenvalue weighted by Crippen LogP contribution is 2.24. The second-order valence-electron chi connectivity index (χ2n) is 5.78. The van der Waals surface area contributed by atoms with E-state index in [1.165, 1.54) is 5.01 Å². The van der Waals surface area contributed by atoms with Crippen LogP contribution >= 0.6 is 0 Å². The van der Waals surface area contributed by atoms with Crippen molar-refractivity contribution in [2.45, 2.75) is 32.6 Å². The Hall–Kier alpha value is -2.69. The molecule has 0 saturated carbocycles. The minimum atomic E-state index is -0.00598. The topological polar surface area (TPSA) is 54.8 Å². The fraction of sp³-hybridized carbons (Fsp3) is 0.316. The normalized spacial score (nSPS) is 14.0. The molecule has 1 aromatic heterocycles. The number of anilines is 1. The molecule has 0 spiro atoms. The summed E-state index contributed by atoms with van der Waals surface area (Å²) in [5.41, 5.74) is 2.69. The average molecular weight is 323 g/mol. The molecule has 0 fully saturated rings. The van der Waals surface area contributed by atoms with Crippen LogP contribution in [0.5, 0.6) is 5.75 Å². The molecule has 2 heterocycles. The zero-order valence-electron chi connectivity index (χ0n) is 13.8. The molecular formula is C19H21N3O2. The number of unbranched alkanes of at least 4 members (excludes halogenated alkanes) is 1. The van der Waals surface area contributed by atoms with E-state index in [1.807, 2.05) is 36.4 Å². The molecule has 124 valence electrons. The van der Waals surface area contributed by atoms with Gasteiger partial charge in [-0.15, -0.1) is 0 Å². The van der Waals surface area contributed by atoms with Crippen LogP contribution in [0.2, 0.25) is 0 Å². The molecule has 1 aliphatic heterocycles. The molecule has 0 aliphatic carbocycles. The minimum Gasteiger partial charge on any atom is -0.494 e. The van der Waals surface area contributed by atoms with Crippen molar-refractivity contribution >= 4 is 17.3 Å². The summed E-state index contributed by atoms with van der Waals surface area (Å²) < 4.78 is 5.64. The van der Waals surface area contributed by atoms with E-state index < -0.39 is 0 Å². The van der Waals surface area contributed by atoms with E-state index in [9.17, 15) is 4.79 Å². The Morgan fingerprint density at radius 2 is 2.04 bits per heavy atom. The quantitative estimate of drug-likeness (QED) is 0.732. The van der Waals surface area contributed by atoms with E-state index in [4.69, 9.17) is 4.74 Å². The van der Waals surface area contributed by atoms with Crippen molar-refractivity contribution in [3.63, 3.8) is 0 Å². The maximum Gasteiger partial charge on any atom is 0.253 e. The fourth-order valence-electron chi connectivity index (χ4n) is 2.54. The molecule has 5 nitrogen and oxygen atoms in total. The molecule has 0 unspecified atom stereocenters. The van der Waals surface area contributed by atoms with Gasteiger partial charge in [-0.25, -0.2) is 5.01 Å². The number of nitrogens with zero attached hydrogens (tertiary/aromatic N) is 3. The van der Waals surface area contributed by atoms with Gasteiger partial charge in [-0.2, -0.15) is 5.10 Å². The van der Waals surface area contributed by atoms with E-state index in [1.54, 1.807) is 12.4 Å². The molecule has 0 atom stereocenters. The molecule has 1 amide bonds. The van der Waals surface area contributed by atoms with Gasteiger partial charge in [0, 0.05) is 18.8 Å². The Balaban J connectivity index is 1.66. The third kappa shape index (κ3) is 3.98. The largest absolute Gasteiger partial charge is 0.494 e. The van der Waals surface area contributed by atoms with Crippen molar-refractivity contribution < 1.29 is 9.53 Å². The minimum absolute atomic E-state index is 0.00598. The second kappa shape index (κ2) is 7.73. The lowest BCUT2D eigenvalue weighted by atomic mass is 10.1. The van der Waals surface area contributed by atoms with E-state index in [0.29, 0.717) is 19.4 Å². The van der Waals surface area contributed by atoms with Crippen LogP contribution < -0.4 is 9.75 Å². The number of hydrogen-bond donors (Lipinski definition) is 0.